The van der Waals surface area contributed by atoms with Crippen molar-refractivity contribution in [3.8, 4) is 22.3 Å². The minimum Gasteiger partial charge on any atom is -0.456 e. The van der Waals surface area contributed by atoms with Crippen LogP contribution in [0.25, 0.3) is 87.7 Å². The molecule has 0 saturated carbocycles. The van der Waals surface area contributed by atoms with Gasteiger partial charge in [0.1, 0.15) is 22.3 Å². The molecule has 0 aliphatic heterocycles. The lowest BCUT2D eigenvalue weighted by atomic mass is 9.92. The molecule has 1 aliphatic rings. The maximum atomic E-state index is 6.44. The number of hydrogen-bond acceptors (Lipinski definition) is 3. The average molecular weight is 600 g/mol. The second-order valence-electron chi connectivity index (χ2n) is 12.5. The lowest BCUT2D eigenvalue weighted by Crippen LogP contribution is -2.10. The predicted octanol–water partition coefficient (Wildman–Crippen LogP) is 12.9. The summed E-state index contributed by atoms with van der Waals surface area (Å²) in [6.45, 7) is 0. The van der Waals surface area contributed by atoms with Crippen LogP contribution in [0.1, 0.15) is 0 Å². The van der Waals surface area contributed by atoms with E-state index in [2.05, 4.69) is 157 Å². The van der Waals surface area contributed by atoms with Gasteiger partial charge < -0.3 is 13.7 Å². The Morgan fingerprint density at radius 3 is 1.87 bits per heavy atom. The Kier molecular flexibility index (Phi) is 4.84. The van der Waals surface area contributed by atoms with Crippen LogP contribution in [0.15, 0.2) is 160 Å². The first-order chi connectivity index (χ1) is 23.3. The van der Waals surface area contributed by atoms with Crippen LogP contribution < -0.4 is 4.90 Å². The van der Waals surface area contributed by atoms with Gasteiger partial charge in [-0.1, -0.05) is 84.9 Å². The third-order valence-corrected chi connectivity index (χ3v) is 9.94. The van der Waals surface area contributed by atoms with Crippen LogP contribution in [0.5, 0.6) is 0 Å². The molecule has 0 amide bonds. The molecule has 10 aromatic rings. The minimum atomic E-state index is 0.885. The maximum Gasteiger partial charge on any atom is 0.136 e. The third kappa shape index (κ3) is 3.46. The molecule has 47 heavy (non-hydrogen) atoms. The van der Waals surface area contributed by atoms with Gasteiger partial charge in [-0.05, 0) is 105 Å². The van der Waals surface area contributed by atoms with Crippen molar-refractivity contribution in [3.05, 3.63) is 152 Å². The largest absolute Gasteiger partial charge is 0.456 e. The van der Waals surface area contributed by atoms with Crippen LogP contribution >= 0.6 is 0 Å². The summed E-state index contributed by atoms with van der Waals surface area (Å²) >= 11 is 0. The van der Waals surface area contributed by atoms with Crippen LogP contribution in [-0.4, -0.2) is 0 Å². The van der Waals surface area contributed by atoms with Crippen molar-refractivity contribution in [3.63, 3.8) is 0 Å². The highest BCUT2D eigenvalue weighted by Gasteiger charge is 2.25. The van der Waals surface area contributed by atoms with Crippen molar-refractivity contribution in [2.24, 2.45) is 0 Å². The van der Waals surface area contributed by atoms with E-state index >= 15 is 0 Å². The summed E-state index contributed by atoms with van der Waals surface area (Å²) in [5.41, 5.74) is 11.7. The summed E-state index contributed by atoms with van der Waals surface area (Å²) in [7, 11) is 0. The van der Waals surface area contributed by atoms with Gasteiger partial charge >= 0.3 is 0 Å². The van der Waals surface area contributed by atoms with Gasteiger partial charge in [0.15, 0.2) is 0 Å². The van der Waals surface area contributed by atoms with Gasteiger partial charge in [-0.3, -0.25) is 0 Å². The molecule has 0 fully saturated rings. The summed E-state index contributed by atoms with van der Waals surface area (Å²) < 4.78 is 12.8. The summed E-state index contributed by atoms with van der Waals surface area (Å²) in [5, 5.41) is 9.47. The fraction of sp³-hybridized carbons (Fsp3) is 0. The summed E-state index contributed by atoms with van der Waals surface area (Å²) in [5.74, 6) is 0. The van der Waals surface area contributed by atoms with Crippen LogP contribution in [0.3, 0.4) is 0 Å². The number of nitrogens with zero attached hydrogens (tertiary/aromatic N) is 1. The fourth-order valence-electron chi connectivity index (χ4n) is 7.88. The first kappa shape index (κ1) is 24.9. The van der Waals surface area contributed by atoms with E-state index in [0.717, 1.165) is 50.2 Å². The number of para-hydroxylation sites is 1. The second-order valence-corrected chi connectivity index (χ2v) is 12.5. The lowest BCUT2D eigenvalue weighted by Gasteiger charge is -2.27. The monoisotopic (exact) mass is 599 g/mol. The van der Waals surface area contributed by atoms with E-state index in [1.54, 1.807) is 0 Å². The molecule has 3 nitrogen and oxygen atoms in total. The smallest absolute Gasteiger partial charge is 0.136 e. The number of furan rings is 2. The van der Waals surface area contributed by atoms with Gasteiger partial charge in [0, 0.05) is 44.0 Å². The molecular weight excluding hydrogens is 574 g/mol. The third-order valence-electron chi connectivity index (χ3n) is 9.94. The zero-order valence-electron chi connectivity index (χ0n) is 25.2. The van der Waals surface area contributed by atoms with Crippen LogP contribution in [-0.2, 0) is 0 Å². The van der Waals surface area contributed by atoms with Gasteiger partial charge in [-0.25, -0.2) is 0 Å². The molecule has 0 bridgehead atoms. The summed E-state index contributed by atoms with van der Waals surface area (Å²) in [6.07, 6.45) is 0. The Labute approximate surface area is 269 Å². The molecule has 0 saturated heterocycles. The van der Waals surface area contributed by atoms with E-state index < -0.39 is 0 Å². The van der Waals surface area contributed by atoms with Gasteiger partial charge in [-0.2, -0.15) is 0 Å². The van der Waals surface area contributed by atoms with E-state index in [9.17, 15) is 0 Å². The Morgan fingerprint density at radius 2 is 0.979 bits per heavy atom. The van der Waals surface area contributed by atoms with E-state index in [-0.39, 0.29) is 0 Å². The van der Waals surface area contributed by atoms with Crippen molar-refractivity contribution in [2.45, 2.75) is 0 Å². The number of anilines is 3. The van der Waals surface area contributed by atoms with Crippen LogP contribution in [0.4, 0.5) is 17.1 Å². The Hall–Kier alpha value is -6.32. The van der Waals surface area contributed by atoms with Crippen molar-refractivity contribution in [1.82, 2.24) is 0 Å². The quantitative estimate of drug-likeness (QED) is 0.202. The molecule has 0 radical (unpaired) electrons. The molecule has 218 valence electrons. The first-order valence-electron chi connectivity index (χ1n) is 16.0. The predicted molar refractivity (Wildman–Crippen MR) is 195 cm³/mol. The standard InChI is InChI=1S/C44H25NO2/c1-2-11-29(12-3-1)45(31-18-21-38-37(25-31)36-22-27-8-4-5-9-28(27)23-41(36)46-38)30-17-19-32-33-13-6-10-26-16-20-40-44(42(26)33)43-34(35(32)24-30)14-7-15-39(43)47-40/h1-25H. The molecule has 0 atom stereocenters. The molecule has 3 heteroatoms. The molecule has 11 rings (SSSR count). The van der Waals surface area contributed by atoms with Crippen molar-refractivity contribution < 1.29 is 8.83 Å². The lowest BCUT2D eigenvalue weighted by molar-refractivity contribution is 0.669. The first-order valence-corrected chi connectivity index (χ1v) is 16.0. The molecule has 2 heterocycles. The highest BCUT2D eigenvalue weighted by Crippen LogP contribution is 2.50. The van der Waals surface area contributed by atoms with Crippen molar-refractivity contribution >= 4 is 82.5 Å². The zero-order valence-corrected chi connectivity index (χ0v) is 25.2. The number of fused-ring (bicyclic) bond motifs is 7. The molecule has 0 spiro atoms. The molecule has 8 aromatic carbocycles. The average Bonchev–Trinajstić information content (AvgIpc) is 3.65. The maximum absolute atomic E-state index is 6.44. The van der Waals surface area contributed by atoms with Crippen LogP contribution in [0, 0.1) is 0 Å². The van der Waals surface area contributed by atoms with Gasteiger partial charge in [0.25, 0.3) is 0 Å². The second kappa shape index (κ2) is 9.12. The van der Waals surface area contributed by atoms with E-state index in [1.165, 1.54) is 54.6 Å². The Bertz CT molecular complexity index is 2910. The Balaban J connectivity index is 1.18. The topological polar surface area (TPSA) is 29.5 Å². The molecule has 1 aliphatic carbocycles. The van der Waals surface area contributed by atoms with Crippen molar-refractivity contribution in [1.29, 1.82) is 0 Å². The van der Waals surface area contributed by atoms with Crippen LogP contribution in [0.2, 0.25) is 0 Å². The zero-order chi connectivity index (χ0) is 30.6. The number of rotatable bonds is 3. The number of hydrogen-bond donors (Lipinski definition) is 0. The van der Waals surface area contributed by atoms with Gasteiger partial charge in [-0.15, -0.1) is 0 Å². The van der Waals surface area contributed by atoms with Gasteiger partial charge in [0.05, 0.1) is 0 Å². The fourth-order valence-corrected chi connectivity index (χ4v) is 7.88. The molecular formula is C44H25NO2. The SMILES string of the molecule is c1ccc(N(c2ccc3c(c2)-c2cccc4oc5ccc6cccc-3c6c5c24)c2ccc3oc4cc5ccccc5cc4c3c2)cc1. The minimum absolute atomic E-state index is 0.885. The number of benzene rings is 8. The molecule has 0 N–H and O–H groups in total. The summed E-state index contributed by atoms with van der Waals surface area (Å²) in [4.78, 5) is 2.35. The highest BCUT2D eigenvalue weighted by atomic mass is 16.3. The van der Waals surface area contributed by atoms with E-state index in [0.29, 0.717) is 0 Å². The Morgan fingerprint density at radius 1 is 0.319 bits per heavy atom. The molecule has 2 aromatic heterocycles. The van der Waals surface area contributed by atoms with E-state index in [1.807, 2.05) is 0 Å². The van der Waals surface area contributed by atoms with Crippen molar-refractivity contribution in [2.75, 3.05) is 4.90 Å². The normalized spacial score (nSPS) is 12.3. The molecule has 0 unspecified atom stereocenters. The summed E-state index contributed by atoms with van der Waals surface area (Å²) in [6, 6.07) is 54.3. The van der Waals surface area contributed by atoms with E-state index in [4.69, 9.17) is 8.83 Å². The van der Waals surface area contributed by atoms with Gasteiger partial charge in [0.2, 0.25) is 0 Å². The highest BCUT2D eigenvalue weighted by molar-refractivity contribution is 6.28.